The summed E-state index contributed by atoms with van der Waals surface area (Å²) < 4.78 is 0. The maximum atomic E-state index is 12.2. The molecule has 1 heterocycles. The summed E-state index contributed by atoms with van der Waals surface area (Å²) in [5.41, 5.74) is 1.19. The number of benzene rings is 1. The van der Waals surface area contributed by atoms with E-state index in [4.69, 9.17) is 5.26 Å². The third-order valence-electron chi connectivity index (χ3n) is 3.93. The van der Waals surface area contributed by atoms with Gasteiger partial charge < -0.3 is 10.2 Å². The van der Waals surface area contributed by atoms with Gasteiger partial charge in [-0.15, -0.1) is 0 Å². The van der Waals surface area contributed by atoms with Crippen molar-refractivity contribution in [1.82, 2.24) is 4.90 Å². The molecule has 1 fully saturated rings. The zero-order chi connectivity index (χ0) is 15.4. The lowest BCUT2D eigenvalue weighted by Gasteiger charge is -2.23. The van der Waals surface area contributed by atoms with E-state index in [0.29, 0.717) is 17.8 Å². The van der Waals surface area contributed by atoms with E-state index in [0.717, 1.165) is 6.42 Å². The van der Waals surface area contributed by atoms with Crippen LogP contribution in [0.25, 0.3) is 0 Å². The quantitative estimate of drug-likeness (QED) is 0.921. The standard InChI is InChI=1S/C16H19N3O2/c1-3-11(2)19-10-13(8-15(19)20)16(21)18-14-6-4-12(9-17)5-7-14/h4-7,11,13H,3,8,10H2,1-2H3,(H,18,21). The van der Waals surface area contributed by atoms with Gasteiger partial charge in [0.05, 0.1) is 17.6 Å². The number of carbonyl (C=O) groups is 2. The number of nitriles is 1. The predicted molar refractivity (Wildman–Crippen MR) is 79.4 cm³/mol. The first kappa shape index (κ1) is 15.0. The van der Waals surface area contributed by atoms with Crippen LogP contribution in [0.4, 0.5) is 5.69 Å². The van der Waals surface area contributed by atoms with E-state index in [-0.39, 0.29) is 30.2 Å². The fourth-order valence-corrected chi connectivity index (χ4v) is 2.43. The van der Waals surface area contributed by atoms with Crippen molar-refractivity contribution in [2.24, 2.45) is 5.92 Å². The summed E-state index contributed by atoms with van der Waals surface area (Å²) in [4.78, 5) is 25.9. The molecule has 5 nitrogen and oxygen atoms in total. The summed E-state index contributed by atoms with van der Waals surface area (Å²) in [6, 6.07) is 8.90. The van der Waals surface area contributed by atoms with E-state index < -0.39 is 0 Å². The third-order valence-corrected chi connectivity index (χ3v) is 3.93. The summed E-state index contributed by atoms with van der Waals surface area (Å²) in [5, 5.41) is 11.5. The van der Waals surface area contributed by atoms with Crippen molar-refractivity contribution in [3.63, 3.8) is 0 Å². The lowest BCUT2D eigenvalue weighted by atomic mass is 10.1. The fraction of sp³-hybridized carbons (Fsp3) is 0.438. The average Bonchev–Trinajstić information content (AvgIpc) is 2.89. The van der Waals surface area contributed by atoms with Crippen LogP contribution in [-0.2, 0) is 9.59 Å². The molecule has 1 saturated heterocycles. The minimum absolute atomic E-state index is 0.0457. The molecule has 1 aliphatic rings. The van der Waals surface area contributed by atoms with Gasteiger partial charge in [-0.25, -0.2) is 0 Å². The molecule has 2 amide bonds. The van der Waals surface area contributed by atoms with Gasteiger partial charge in [0.25, 0.3) is 0 Å². The van der Waals surface area contributed by atoms with Crippen LogP contribution in [0.2, 0.25) is 0 Å². The Kier molecular flexibility index (Phi) is 4.59. The van der Waals surface area contributed by atoms with Gasteiger partial charge in [0.2, 0.25) is 11.8 Å². The van der Waals surface area contributed by atoms with Gasteiger partial charge in [-0.3, -0.25) is 9.59 Å². The molecule has 0 aromatic heterocycles. The molecule has 0 radical (unpaired) electrons. The number of amides is 2. The van der Waals surface area contributed by atoms with E-state index in [9.17, 15) is 9.59 Å². The molecule has 21 heavy (non-hydrogen) atoms. The topological polar surface area (TPSA) is 73.2 Å². The molecule has 0 saturated carbocycles. The van der Waals surface area contributed by atoms with E-state index >= 15 is 0 Å². The van der Waals surface area contributed by atoms with Crippen molar-refractivity contribution in [2.45, 2.75) is 32.7 Å². The highest BCUT2D eigenvalue weighted by atomic mass is 16.2. The second-order valence-electron chi connectivity index (χ2n) is 5.38. The minimum Gasteiger partial charge on any atom is -0.339 e. The summed E-state index contributed by atoms with van der Waals surface area (Å²) in [5.74, 6) is -0.398. The van der Waals surface area contributed by atoms with Gasteiger partial charge in [-0.1, -0.05) is 6.92 Å². The maximum Gasteiger partial charge on any atom is 0.229 e. The molecule has 2 atom stereocenters. The number of likely N-dealkylation sites (tertiary alicyclic amines) is 1. The smallest absolute Gasteiger partial charge is 0.229 e. The molecular weight excluding hydrogens is 266 g/mol. The zero-order valence-corrected chi connectivity index (χ0v) is 12.3. The van der Waals surface area contributed by atoms with Crippen LogP contribution < -0.4 is 5.32 Å². The average molecular weight is 285 g/mol. The Balaban J connectivity index is 1.98. The van der Waals surface area contributed by atoms with E-state index in [1.54, 1.807) is 29.2 Å². The number of nitrogens with one attached hydrogen (secondary N) is 1. The van der Waals surface area contributed by atoms with Gasteiger partial charge in [-0.05, 0) is 37.6 Å². The Morgan fingerprint density at radius 2 is 2.14 bits per heavy atom. The van der Waals surface area contributed by atoms with Crippen LogP contribution in [0.1, 0.15) is 32.3 Å². The van der Waals surface area contributed by atoms with Crippen molar-refractivity contribution in [3.8, 4) is 6.07 Å². The van der Waals surface area contributed by atoms with Gasteiger partial charge in [0.15, 0.2) is 0 Å². The molecule has 2 unspecified atom stereocenters. The highest BCUT2D eigenvalue weighted by Crippen LogP contribution is 2.23. The lowest BCUT2D eigenvalue weighted by molar-refractivity contribution is -0.129. The SMILES string of the molecule is CCC(C)N1CC(C(=O)Nc2ccc(C#N)cc2)CC1=O. The van der Waals surface area contributed by atoms with Crippen molar-refractivity contribution in [1.29, 1.82) is 5.26 Å². The molecule has 1 aliphatic heterocycles. The Morgan fingerprint density at radius 1 is 1.48 bits per heavy atom. The first-order valence-electron chi connectivity index (χ1n) is 7.15. The second-order valence-corrected chi connectivity index (χ2v) is 5.38. The fourth-order valence-electron chi connectivity index (χ4n) is 2.43. The summed E-state index contributed by atoms with van der Waals surface area (Å²) in [6.45, 7) is 4.51. The van der Waals surface area contributed by atoms with Crippen LogP contribution in [-0.4, -0.2) is 29.3 Å². The molecule has 110 valence electrons. The molecular formula is C16H19N3O2. The van der Waals surface area contributed by atoms with E-state index in [2.05, 4.69) is 5.32 Å². The Labute approximate surface area is 124 Å². The van der Waals surface area contributed by atoms with Gasteiger partial charge in [0.1, 0.15) is 0 Å². The minimum atomic E-state index is -0.304. The molecule has 1 aromatic carbocycles. The summed E-state index contributed by atoms with van der Waals surface area (Å²) >= 11 is 0. The Bertz CT molecular complexity index is 574. The van der Waals surface area contributed by atoms with Crippen molar-refractivity contribution in [2.75, 3.05) is 11.9 Å². The molecule has 0 spiro atoms. The lowest BCUT2D eigenvalue weighted by Crippen LogP contribution is -2.35. The van der Waals surface area contributed by atoms with Gasteiger partial charge in [0, 0.05) is 24.7 Å². The molecule has 5 heteroatoms. The molecule has 0 aliphatic carbocycles. The van der Waals surface area contributed by atoms with Crippen LogP contribution in [0.3, 0.4) is 0 Å². The Morgan fingerprint density at radius 3 is 2.71 bits per heavy atom. The number of anilines is 1. The normalized spacial score (nSPS) is 19.2. The summed E-state index contributed by atoms with van der Waals surface area (Å²) in [7, 11) is 0. The highest BCUT2D eigenvalue weighted by molar-refractivity contribution is 5.97. The van der Waals surface area contributed by atoms with Crippen LogP contribution >= 0.6 is 0 Å². The van der Waals surface area contributed by atoms with E-state index in [1.165, 1.54) is 0 Å². The first-order valence-corrected chi connectivity index (χ1v) is 7.15. The predicted octanol–water partition coefficient (Wildman–Crippen LogP) is 2.14. The zero-order valence-electron chi connectivity index (χ0n) is 12.3. The van der Waals surface area contributed by atoms with Crippen molar-refractivity contribution >= 4 is 17.5 Å². The Hall–Kier alpha value is -2.35. The van der Waals surface area contributed by atoms with Crippen molar-refractivity contribution in [3.05, 3.63) is 29.8 Å². The number of hydrogen-bond acceptors (Lipinski definition) is 3. The van der Waals surface area contributed by atoms with E-state index in [1.807, 2.05) is 19.9 Å². The number of nitrogens with zero attached hydrogens (tertiary/aromatic N) is 2. The monoisotopic (exact) mass is 285 g/mol. The van der Waals surface area contributed by atoms with Crippen molar-refractivity contribution < 1.29 is 9.59 Å². The number of hydrogen-bond donors (Lipinski definition) is 1. The van der Waals surface area contributed by atoms with Gasteiger partial charge >= 0.3 is 0 Å². The highest BCUT2D eigenvalue weighted by Gasteiger charge is 2.36. The first-order chi connectivity index (χ1) is 10.0. The molecule has 1 aromatic rings. The van der Waals surface area contributed by atoms with Crippen LogP contribution in [0.15, 0.2) is 24.3 Å². The number of carbonyl (C=O) groups excluding carboxylic acids is 2. The maximum absolute atomic E-state index is 12.2. The largest absolute Gasteiger partial charge is 0.339 e. The molecule has 1 N–H and O–H groups in total. The van der Waals surface area contributed by atoms with Crippen LogP contribution in [0, 0.1) is 17.2 Å². The summed E-state index contributed by atoms with van der Waals surface area (Å²) in [6.07, 6.45) is 1.15. The molecule has 2 rings (SSSR count). The van der Waals surface area contributed by atoms with Crippen LogP contribution in [0.5, 0.6) is 0 Å². The third kappa shape index (κ3) is 3.40. The van der Waals surface area contributed by atoms with Gasteiger partial charge in [-0.2, -0.15) is 5.26 Å². The molecule has 0 bridgehead atoms. The second kappa shape index (κ2) is 6.40. The number of rotatable bonds is 4.